The summed E-state index contributed by atoms with van der Waals surface area (Å²) in [7, 11) is 0. The molecule has 1 saturated heterocycles. The van der Waals surface area contributed by atoms with Crippen molar-refractivity contribution in [1.29, 1.82) is 0 Å². The molecule has 13 heteroatoms. The Balaban J connectivity index is 0.000000398. The van der Waals surface area contributed by atoms with E-state index < -0.39 is 17.7 Å². The molecule has 0 bridgehead atoms. The average Bonchev–Trinajstić information content (AvgIpc) is 3.02. The molecule has 0 unspecified atom stereocenters. The van der Waals surface area contributed by atoms with Crippen molar-refractivity contribution in [2.24, 2.45) is 5.41 Å². The largest absolute Gasteiger partial charge is 0.490 e. The van der Waals surface area contributed by atoms with Crippen molar-refractivity contribution in [3.63, 3.8) is 0 Å². The molecule has 3 fully saturated rings. The highest BCUT2D eigenvalue weighted by Gasteiger charge is 2.54. The van der Waals surface area contributed by atoms with E-state index in [1.54, 1.807) is 6.20 Å². The van der Waals surface area contributed by atoms with Gasteiger partial charge >= 0.3 is 0 Å². The van der Waals surface area contributed by atoms with Crippen LogP contribution in [0.15, 0.2) is 43.0 Å². The van der Waals surface area contributed by atoms with Crippen molar-refractivity contribution in [2.45, 2.75) is 89.8 Å². The maximum atomic E-state index is 14.0. The van der Waals surface area contributed by atoms with Crippen molar-refractivity contribution < 1.29 is 32.5 Å². The Morgan fingerprint density at radius 1 is 1.12 bits per heavy atom. The fourth-order valence-corrected chi connectivity index (χ4v) is 6.48. The van der Waals surface area contributed by atoms with Gasteiger partial charge in [0.05, 0.1) is 6.20 Å². The van der Waals surface area contributed by atoms with Crippen LogP contribution in [0.1, 0.15) is 75.6 Å². The van der Waals surface area contributed by atoms with E-state index in [0.717, 1.165) is 63.3 Å². The fraction of sp³-hybridized carbons (Fsp3) is 0.543. The lowest BCUT2D eigenvalue weighted by molar-refractivity contribution is -0.109. The summed E-state index contributed by atoms with van der Waals surface area (Å²) in [5.41, 5.74) is 2.93. The van der Waals surface area contributed by atoms with Gasteiger partial charge in [-0.05, 0) is 63.3 Å². The number of pyridine rings is 1. The summed E-state index contributed by atoms with van der Waals surface area (Å²) < 4.78 is 53.5. The third-order valence-corrected chi connectivity index (χ3v) is 8.91. The zero-order valence-corrected chi connectivity index (χ0v) is 27.7. The Bertz CT molecular complexity index is 1520. The number of benzene rings is 1. The summed E-state index contributed by atoms with van der Waals surface area (Å²) in [4.78, 5) is 24.7. The van der Waals surface area contributed by atoms with Gasteiger partial charge in [0.2, 0.25) is 12.3 Å². The number of nitrogens with one attached hydrogen (secondary N) is 2. The second kappa shape index (κ2) is 15.5. The number of aliphatic hydroxyl groups excluding tert-OH is 1. The molecule has 2 aromatic heterocycles. The summed E-state index contributed by atoms with van der Waals surface area (Å²) in [5.74, 6) is -1.23. The lowest BCUT2D eigenvalue weighted by Crippen LogP contribution is -2.65. The Labute approximate surface area is 279 Å². The molecule has 1 amide bonds. The van der Waals surface area contributed by atoms with Gasteiger partial charge in [0.1, 0.15) is 29.7 Å². The van der Waals surface area contributed by atoms with Crippen LogP contribution in [0.25, 0.3) is 0 Å². The molecular formula is C35H45F3N6O4. The zero-order chi connectivity index (χ0) is 34.3. The molecular weight excluding hydrogens is 625 g/mol. The highest BCUT2D eigenvalue weighted by molar-refractivity contribution is 5.56. The molecule has 0 radical (unpaired) electrons. The quantitative estimate of drug-likeness (QED) is 0.252. The van der Waals surface area contributed by atoms with Crippen molar-refractivity contribution in [3.05, 3.63) is 65.6 Å². The van der Waals surface area contributed by atoms with E-state index in [1.165, 1.54) is 30.1 Å². The number of hydrogen-bond acceptors (Lipinski definition) is 9. The van der Waals surface area contributed by atoms with Crippen molar-refractivity contribution in [2.75, 3.05) is 31.1 Å². The van der Waals surface area contributed by atoms with E-state index in [0.29, 0.717) is 35.9 Å². The van der Waals surface area contributed by atoms with Crippen LogP contribution in [0.4, 0.5) is 19.0 Å². The van der Waals surface area contributed by atoms with Gasteiger partial charge in [0, 0.05) is 86.5 Å². The maximum Gasteiger partial charge on any atom is 0.249 e. The Morgan fingerprint density at radius 2 is 1.88 bits per heavy atom. The summed E-state index contributed by atoms with van der Waals surface area (Å²) in [6.07, 6.45) is 8.87. The smallest absolute Gasteiger partial charge is 0.249 e. The lowest BCUT2D eigenvalue weighted by atomic mass is 9.61. The predicted octanol–water partition coefficient (Wildman–Crippen LogP) is 5.54. The van der Waals surface area contributed by atoms with E-state index in [9.17, 15) is 18.0 Å². The van der Waals surface area contributed by atoms with Crippen LogP contribution in [-0.4, -0.2) is 70.8 Å². The molecule has 4 aliphatic rings. The van der Waals surface area contributed by atoms with Crippen molar-refractivity contribution >= 4 is 12.2 Å². The summed E-state index contributed by atoms with van der Waals surface area (Å²) in [6.45, 7) is 9.45. The summed E-state index contributed by atoms with van der Waals surface area (Å²) in [6, 6.07) is 6.31. The monoisotopic (exact) mass is 670 g/mol. The minimum Gasteiger partial charge on any atom is -0.490 e. The molecule has 1 spiro atoms. The topological polar surface area (TPSA) is 122 Å². The van der Waals surface area contributed by atoms with Crippen molar-refractivity contribution in [1.82, 2.24) is 25.6 Å². The molecule has 4 heterocycles. The minimum absolute atomic E-state index is 0.175. The van der Waals surface area contributed by atoms with Gasteiger partial charge in [-0.3, -0.25) is 9.78 Å². The van der Waals surface area contributed by atoms with E-state index in [1.807, 2.05) is 33.0 Å². The second-order valence-electron chi connectivity index (χ2n) is 13.3. The van der Waals surface area contributed by atoms with Gasteiger partial charge in [-0.2, -0.15) is 0 Å². The SMILES string of the molecule is CC(C)NC=O.CCCO.Fc1ccc(Oc2cncnc2N2CC3(CC(Oc4ccnc5c4CNCC5)C3)C2)c(C2CC(F)(F)C2)c1. The molecule has 7 rings (SSSR count). The van der Waals surface area contributed by atoms with Gasteiger partial charge < -0.3 is 30.1 Å². The number of anilines is 1. The van der Waals surface area contributed by atoms with Crippen LogP contribution in [-0.2, 0) is 17.8 Å². The molecule has 3 N–H and O–H groups in total. The first-order valence-corrected chi connectivity index (χ1v) is 16.6. The van der Waals surface area contributed by atoms with Crippen LogP contribution >= 0.6 is 0 Å². The molecule has 2 aliphatic carbocycles. The number of rotatable bonds is 9. The van der Waals surface area contributed by atoms with Gasteiger partial charge in [-0.15, -0.1) is 0 Å². The highest BCUT2D eigenvalue weighted by atomic mass is 19.3. The lowest BCUT2D eigenvalue weighted by Gasteiger charge is -2.59. The highest BCUT2D eigenvalue weighted by Crippen LogP contribution is 2.53. The average molecular weight is 671 g/mol. The van der Waals surface area contributed by atoms with Gasteiger partial charge in [-0.1, -0.05) is 6.92 Å². The number of carbonyl (C=O) groups excluding carboxylic acids is 1. The van der Waals surface area contributed by atoms with E-state index >= 15 is 0 Å². The van der Waals surface area contributed by atoms with Crippen LogP contribution in [0, 0.1) is 11.2 Å². The predicted molar refractivity (Wildman–Crippen MR) is 175 cm³/mol. The van der Waals surface area contributed by atoms with E-state index in [-0.39, 0.29) is 30.4 Å². The molecule has 2 saturated carbocycles. The van der Waals surface area contributed by atoms with Crippen molar-refractivity contribution in [3.8, 4) is 17.2 Å². The second-order valence-corrected chi connectivity index (χ2v) is 13.3. The minimum atomic E-state index is -2.71. The van der Waals surface area contributed by atoms with Gasteiger partial charge in [0.25, 0.3) is 0 Å². The van der Waals surface area contributed by atoms with Gasteiger partial charge in [0.15, 0.2) is 11.6 Å². The van der Waals surface area contributed by atoms with E-state index in [4.69, 9.17) is 14.6 Å². The first-order chi connectivity index (χ1) is 23.0. The molecule has 2 aliphatic heterocycles. The third kappa shape index (κ3) is 8.54. The first kappa shape index (κ1) is 35.3. The Kier molecular flexibility index (Phi) is 11.4. The van der Waals surface area contributed by atoms with Gasteiger partial charge in [-0.25, -0.2) is 23.1 Å². The number of fused-ring (bicyclic) bond motifs is 1. The van der Waals surface area contributed by atoms with Crippen LogP contribution in [0.5, 0.6) is 17.2 Å². The first-order valence-electron chi connectivity index (χ1n) is 16.6. The number of aliphatic hydroxyl groups is 1. The molecule has 48 heavy (non-hydrogen) atoms. The Morgan fingerprint density at radius 3 is 2.52 bits per heavy atom. The number of ether oxygens (including phenoxy) is 2. The molecule has 3 aromatic rings. The number of nitrogens with zero attached hydrogens (tertiary/aromatic N) is 4. The number of amides is 1. The number of halogens is 3. The van der Waals surface area contributed by atoms with Crippen LogP contribution < -0.4 is 25.0 Å². The number of aromatic nitrogens is 3. The molecule has 1 aromatic carbocycles. The van der Waals surface area contributed by atoms with E-state index in [2.05, 4.69) is 30.5 Å². The standard InChI is InChI=1S/C28H28F3N5O2.C4H9NO.C3H8O/c29-18-1-2-23(20(7-18)17-8-28(30,31)9-17)38-25-13-33-16-35-26(25)36-14-27(15-36)10-19(11-27)37-24-4-6-34-22-3-5-32-12-21(22)24;1-4(2)5-3-6;1-2-3-4/h1-2,4,6-7,13,16-17,19,32H,3,5,8-12,14-15H2;3-4H,1-2H3,(H,5,6);4H,2-3H2,1H3. The molecule has 10 nitrogen and oxygen atoms in total. The summed E-state index contributed by atoms with van der Waals surface area (Å²) in [5, 5.41) is 13.8. The number of hydrogen-bond donors (Lipinski definition) is 3. The molecule has 260 valence electrons. The Hall–Kier alpha value is -3.97. The fourth-order valence-electron chi connectivity index (χ4n) is 6.48. The number of carbonyl (C=O) groups is 1. The summed E-state index contributed by atoms with van der Waals surface area (Å²) >= 11 is 0. The van der Waals surface area contributed by atoms with Crippen LogP contribution in [0.3, 0.4) is 0 Å². The number of alkyl halides is 2. The third-order valence-electron chi connectivity index (χ3n) is 8.91. The van der Waals surface area contributed by atoms with Crippen LogP contribution in [0.2, 0.25) is 0 Å². The maximum absolute atomic E-state index is 14.0. The normalized spacial score (nSPS) is 18.9. The zero-order valence-electron chi connectivity index (χ0n) is 27.7. The molecule has 0 atom stereocenters.